The van der Waals surface area contributed by atoms with Gasteiger partial charge in [0.05, 0.1) is 0 Å². The minimum atomic E-state index is -0.862. The lowest BCUT2D eigenvalue weighted by Crippen LogP contribution is -2.24. The summed E-state index contributed by atoms with van der Waals surface area (Å²) in [5.41, 5.74) is 14.0. The van der Waals surface area contributed by atoms with Crippen molar-refractivity contribution >= 4 is 11.7 Å². The van der Waals surface area contributed by atoms with Crippen LogP contribution in [0.3, 0.4) is 0 Å². The van der Waals surface area contributed by atoms with E-state index in [9.17, 15) is 13.6 Å². The van der Waals surface area contributed by atoms with Gasteiger partial charge in [-0.2, -0.15) is 4.39 Å². The number of hydrogen-bond donors (Lipinski definition) is 2. The second-order valence-corrected chi connectivity index (χ2v) is 9.77. The van der Waals surface area contributed by atoms with Gasteiger partial charge in [0.25, 0.3) is 5.91 Å². The highest BCUT2D eigenvalue weighted by molar-refractivity contribution is 5.94. The number of nitrogens with one attached hydrogen (secondary N) is 1. The van der Waals surface area contributed by atoms with E-state index in [0.717, 1.165) is 58.0 Å². The second-order valence-electron chi connectivity index (χ2n) is 9.77. The third-order valence-electron chi connectivity index (χ3n) is 7.36. The van der Waals surface area contributed by atoms with E-state index >= 15 is 0 Å². The zero-order valence-corrected chi connectivity index (χ0v) is 21.0. The van der Waals surface area contributed by atoms with Crippen molar-refractivity contribution in [3.8, 4) is 11.1 Å². The van der Waals surface area contributed by atoms with Crippen LogP contribution in [0, 0.1) is 18.7 Å². The van der Waals surface area contributed by atoms with Crippen molar-refractivity contribution in [2.75, 3.05) is 5.73 Å². The zero-order valence-electron chi connectivity index (χ0n) is 21.0. The Morgan fingerprint density at radius 1 is 1.03 bits per heavy atom. The summed E-state index contributed by atoms with van der Waals surface area (Å²) in [7, 11) is 0. The van der Waals surface area contributed by atoms with Gasteiger partial charge in [-0.15, -0.1) is 0 Å². The number of aromatic nitrogens is 2. The van der Waals surface area contributed by atoms with Gasteiger partial charge < -0.3 is 15.8 Å². The number of carbonyl (C=O) groups excluding carboxylic acids is 1. The van der Waals surface area contributed by atoms with Crippen molar-refractivity contribution in [2.24, 2.45) is 0 Å². The number of amides is 1. The van der Waals surface area contributed by atoms with Crippen LogP contribution in [0.2, 0.25) is 0 Å². The summed E-state index contributed by atoms with van der Waals surface area (Å²) in [6.07, 6.45) is 2.41. The monoisotopic (exact) mass is 512 g/mol. The molecule has 4 aromatic rings. The van der Waals surface area contributed by atoms with Crippen LogP contribution in [0.1, 0.15) is 75.0 Å². The molecule has 6 rings (SSSR count). The number of benzene rings is 2. The maximum absolute atomic E-state index is 14.4. The Morgan fingerprint density at radius 3 is 2.53 bits per heavy atom. The average Bonchev–Trinajstić information content (AvgIpc) is 3.45. The molecule has 38 heavy (non-hydrogen) atoms. The third-order valence-corrected chi connectivity index (χ3v) is 7.36. The Bertz CT molecular complexity index is 1600. The van der Waals surface area contributed by atoms with Gasteiger partial charge in [-0.1, -0.05) is 31.5 Å². The largest absolute Gasteiger partial charge is 0.384 e. The summed E-state index contributed by atoms with van der Waals surface area (Å²) >= 11 is 0. The van der Waals surface area contributed by atoms with Crippen LogP contribution < -0.4 is 11.1 Å². The number of ether oxygens (including phenoxy) is 1. The first-order chi connectivity index (χ1) is 18.3. The molecule has 2 aromatic heterocycles. The van der Waals surface area contributed by atoms with Gasteiger partial charge >= 0.3 is 0 Å². The highest BCUT2D eigenvalue weighted by Crippen LogP contribution is 2.54. The van der Waals surface area contributed by atoms with Crippen molar-refractivity contribution in [3.63, 3.8) is 0 Å². The number of nitrogens with two attached hydrogens (primary N) is 1. The van der Waals surface area contributed by atoms with Gasteiger partial charge in [0.15, 0.2) is 0 Å². The quantitative estimate of drug-likeness (QED) is 0.323. The fourth-order valence-electron chi connectivity index (χ4n) is 5.57. The number of carbonyl (C=O) groups is 1. The lowest BCUT2D eigenvalue weighted by Gasteiger charge is -2.18. The van der Waals surface area contributed by atoms with Gasteiger partial charge in [0.1, 0.15) is 23.8 Å². The minimum absolute atomic E-state index is 0.192. The molecule has 8 heteroatoms. The van der Waals surface area contributed by atoms with Gasteiger partial charge in [-0.25, -0.2) is 14.4 Å². The number of rotatable bonds is 6. The molecule has 6 nitrogen and oxygen atoms in total. The standard InChI is InChI=1S/C30H26F2N4O2/c1-3-4-16-11-27(33)36-15(2)23(16)13-35-30(37)18-6-8-20-22(10-18)29-21-9-17(5-7-19(21)28(20)38-29)24-14-34-26(32)12-25(24)31/h5-12,14,28-29H,3-4,13H2,1-2H3,(H2,33,36)(H,35,37)/t28-,29+/m0/s1. The van der Waals surface area contributed by atoms with Crippen LogP contribution in [0.5, 0.6) is 0 Å². The second kappa shape index (κ2) is 9.29. The predicted octanol–water partition coefficient (Wildman–Crippen LogP) is 5.72. The van der Waals surface area contributed by atoms with Crippen LogP contribution in [0.25, 0.3) is 11.1 Å². The summed E-state index contributed by atoms with van der Waals surface area (Å²) < 4.78 is 34.0. The maximum Gasteiger partial charge on any atom is 0.251 e. The molecule has 0 aliphatic carbocycles. The molecule has 0 saturated heterocycles. The van der Waals surface area contributed by atoms with Crippen molar-refractivity contribution in [1.29, 1.82) is 0 Å². The lowest BCUT2D eigenvalue weighted by atomic mass is 9.84. The van der Waals surface area contributed by atoms with Crippen LogP contribution in [-0.2, 0) is 17.7 Å². The Hall–Kier alpha value is -4.17. The molecule has 2 aliphatic heterocycles. The average molecular weight is 513 g/mol. The van der Waals surface area contributed by atoms with Crippen molar-refractivity contribution in [1.82, 2.24) is 15.3 Å². The number of nitrogens with zero attached hydrogens (tertiary/aromatic N) is 2. The molecule has 0 radical (unpaired) electrons. The Morgan fingerprint density at radius 2 is 1.76 bits per heavy atom. The molecule has 0 spiro atoms. The SMILES string of the molecule is CCCc1cc(N)nc(C)c1CNC(=O)c1ccc2c(c1)[C@@H]1O[C@H]2c2ccc(-c3cnc(F)cc3F)cc21. The number of aryl methyl sites for hydroxylation is 2. The van der Waals surface area contributed by atoms with E-state index in [1.807, 2.05) is 43.3 Å². The lowest BCUT2D eigenvalue weighted by molar-refractivity contribution is 0.0857. The topological polar surface area (TPSA) is 90.1 Å². The highest BCUT2D eigenvalue weighted by atomic mass is 19.1. The maximum atomic E-state index is 14.4. The van der Waals surface area contributed by atoms with E-state index in [2.05, 4.69) is 22.2 Å². The zero-order chi connectivity index (χ0) is 26.6. The molecule has 0 fully saturated rings. The van der Waals surface area contributed by atoms with Crippen LogP contribution in [-0.4, -0.2) is 15.9 Å². The normalized spacial score (nSPS) is 16.8. The number of fused-ring (bicyclic) bond motifs is 8. The van der Waals surface area contributed by atoms with Crippen LogP contribution in [0.15, 0.2) is 54.7 Å². The number of halogens is 2. The summed E-state index contributed by atoms with van der Waals surface area (Å²) in [5.74, 6) is -1.24. The highest BCUT2D eigenvalue weighted by Gasteiger charge is 2.43. The van der Waals surface area contributed by atoms with Gasteiger partial charge in [0, 0.05) is 35.6 Å². The molecule has 3 N–H and O–H groups in total. The summed E-state index contributed by atoms with van der Waals surface area (Å²) in [6.45, 7) is 4.36. The van der Waals surface area contributed by atoms with Crippen molar-refractivity contribution in [3.05, 3.63) is 111 Å². The van der Waals surface area contributed by atoms with Crippen molar-refractivity contribution < 1.29 is 18.3 Å². The number of nitrogen functional groups attached to an aromatic ring is 1. The molecule has 0 unspecified atom stereocenters. The predicted molar refractivity (Wildman–Crippen MR) is 139 cm³/mol. The number of anilines is 1. The third kappa shape index (κ3) is 4.01. The van der Waals surface area contributed by atoms with Crippen molar-refractivity contribution in [2.45, 2.75) is 45.4 Å². The van der Waals surface area contributed by atoms with E-state index in [4.69, 9.17) is 10.5 Å². The molecule has 192 valence electrons. The Labute approximate surface area is 218 Å². The van der Waals surface area contributed by atoms with Gasteiger partial charge in [-0.3, -0.25) is 4.79 Å². The molecule has 2 aliphatic rings. The molecule has 2 aromatic carbocycles. The summed E-state index contributed by atoms with van der Waals surface area (Å²) in [6, 6.07) is 13.8. The molecule has 1 amide bonds. The molecule has 2 atom stereocenters. The summed E-state index contributed by atoms with van der Waals surface area (Å²) in [5, 5.41) is 3.03. The first-order valence-electron chi connectivity index (χ1n) is 12.6. The van der Waals surface area contributed by atoms with Crippen LogP contribution in [0.4, 0.5) is 14.6 Å². The molecule has 4 heterocycles. The first kappa shape index (κ1) is 24.2. The molecule has 0 saturated carbocycles. The Kier molecular flexibility index (Phi) is 5.91. The van der Waals surface area contributed by atoms with Gasteiger partial charge in [-0.05, 0) is 76.6 Å². The first-order valence-corrected chi connectivity index (χ1v) is 12.6. The van der Waals surface area contributed by atoms with E-state index < -0.39 is 11.8 Å². The van der Waals surface area contributed by atoms with E-state index in [1.54, 1.807) is 6.07 Å². The van der Waals surface area contributed by atoms with E-state index in [0.29, 0.717) is 23.5 Å². The Balaban J connectivity index is 1.25. The minimum Gasteiger partial charge on any atom is -0.384 e. The summed E-state index contributed by atoms with van der Waals surface area (Å²) in [4.78, 5) is 21.1. The fraction of sp³-hybridized carbons (Fsp3) is 0.233. The van der Waals surface area contributed by atoms with Gasteiger partial charge in [0.2, 0.25) is 5.95 Å². The molecular formula is C30H26F2N4O2. The fourth-order valence-corrected chi connectivity index (χ4v) is 5.57. The number of pyridine rings is 2. The number of hydrogen-bond acceptors (Lipinski definition) is 5. The molecular weight excluding hydrogens is 486 g/mol. The van der Waals surface area contributed by atoms with E-state index in [1.165, 1.54) is 6.20 Å². The molecule has 2 bridgehead atoms. The van der Waals surface area contributed by atoms with Crippen LogP contribution >= 0.6 is 0 Å². The smallest absolute Gasteiger partial charge is 0.251 e. The van der Waals surface area contributed by atoms with E-state index in [-0.39, 0.29) is 23.7 Å².